The summed E-state index contributed by atoms with van der Waals surface area (Å²) in [6.45, 7) is 18.6. The summed E-state index contributed by atoms with van der Waals surface area (Å²) < 4.78 is 23.6. The predicted octanol–water partition coefficient (Wildman–Crippen LogP) is 18.2. The molecule has 63 heavy (non-hydrogen) atoms. The van der Waals surface area contributed by atoms with Gasteiger partial charge in [-0.25, -0.2) is 0 Å². The van der Waals surface area contributed by atoms with Gasteiger partial charge in [0, 0.05) is 47.5 Å². The van der Waals surface area contributed by atoms with Crippen LogP contribution in [-0.4, -0.2) is 17.5 Å². The van der Waals surface area contributed by atoms with Gasteiger partial charge in [0.25, 0.3) is 0 Å². The Labute approximate surface area is 394 Å². The molecule has 0 saturated carbocycles. The number of hydrogen-bond acceptors (Lipinski definition) is 8. The van der Waals surface area contributed by atoms with Crippen LogP contribution in [0.25, 0.3) is 53.7 Å². The monoisotopic (exact) mass is 914 g/mol. The van der Waals surface area contributed by atoms with E-state index in [1.807, 2.05) is 22.7 Å². The van der Waals surface area contributed by atoms with E-state index in [4.69, 9.17) is 17.5 Å². The highest BCUT2D eigenvalue weighted by Gasteiger charge is 2.49. The number of aryl methyl sites for hydroxylation is 4. The van der Waals surface area contributed by atoms with E-state index in [-0.39, 0.29) is 10.8 Å². The molecule has 0 radical (unpaired) electrons. The molecule has 7 aromatic rings. The van der Waals surface area contributed by atoms with Gasteiger partial charge in [0.05, 0.1) is 23.5 Å². The van der Waals surface area contributed by atoms with Crippen molar-refractivity contribution in [3.05, 3.63) is 78.5 Å². The van der Waals surface area contributed by atoms with Crippen LogP contribution in [0.1, 0.15) is 210 Å². The maximum Gasteiger partial charge on any atom is 0.113 e. The van der Waals surface area contributed by atoms with Crippen LogP contribution in [0.4, 0.5) is 0 Å². The second-order valence-corrected chi connectivity index (χ2v) is 23.0. The van der Waals surface area contributed by atoms with E-state index >= 15 is 0 Å². The highest BCUT2D eigenvalue weighted by atomic mass is 32.1. The molecule has 0 spiro atoms. The SMILES string of the molecule is CCCCCCC1(CCCCCC)c2cc3c(cc2-c2c1cc(C)c1nsnc21)C(CCCCCC)(CCCCCC)c1cc(Cc2sc4c(C)c(C)sc4c2C)c2nsnc2c1-3. The second-order valence-electron chi connectivity index (χ2n) is 19.6. The molecule has 0 unspecified atom stereocenters. The summed E-state index contributed by atoms with van der Waals surface area (Å²) in [5.41, 5.74) is 21.9. The molecular formula is C55H70N4S4. The number of aromatic nitrogens is 4. The fraction of sp³-hybridized carbons (Fsp3) is 0.564. The predicted molar refractivity (Wildman–Crippen MR) is 277 cm³/mol. The van der Waals surface area contributed by atoms with Crippen molar-refractivity contribution in [3.8, 4) is 22.3 Å². The van der Waals surface area contributed by atoms with Gasteiger partial charge in [-0.15, -0.1) is 22.7 Å². The molecule has 3 aromatic carbocycles. The van der Waals surface area contributed by atoms with E-state index in [1.165, 1.54) is 221 Å². The first-order chi connectivity index (χ1) is 30.7. The van der Waals surface area contributed by atoms with Gasteiger partial charge in [-0.1, -0.05) is 143 Å². The Morgan fingerprint density at radius 2 is 0.889 bits per heavy atom. The zero-order chi connectivity index (χ0) is 43.9. The number of fused-ring (bicyclic) bond motifs is 11. The molecule has 8 heteroatoms. The third-order valence-electron chi connectivity index (χ3n) is 15.6. The molecule has 2 aliphatic rings. The molecule has 2 aliphatic carbocycles. The van der Waals surface area contributed by atoms with Crippen LogP contribution < -0.4 is 0 Å². The highest BCUT2D eigenvalue weighted by molar-refractivity contribution is 7.28. The number of benzene rings is 3. The fourth-order valence-electron chi connectivity index (χ4n) is 12.0. The highest BCUT2D eigenvalue weighted by Crippen LogP contribution is 2.63. The summed E-state index contributed by atoms with van der Waals surface area (Å²) in [7, 11) is 0. The summed E-state index contributed by atoms with van der Waals surface area (Å²) >= 11 is 6.82. The molecule has 0 aliphatic heterocycles. The zero-order valence-corrected chi connectivity index (χ0v) is 42.8. The normalized spacial score (nSPS) is 14.7. The molecule has 9 rings (SSSR count). The van der Waals surface area contributed by atoms with E-state index in [1.54, 1.807) is 16.7 Å². The average molecular weight is 915 g/mol. The minimum absolute atomic E-state index is 0.0448. The number of nitrogens with zero attached hydrogens (tertiary/aromatic N) is 4. The topological polar surface area (TPSA) is 51.6 Å². The van der Waals surface area contributed by atoms with Crippen molar-refractivity contribution < 1.29 is 0 Å². The van der Waals surface area contributed by atoms with Crippen molar-refractivity contribution in [1.82, 2.24) is 17.5 Å². The molecule has 4 aromatic heterocycles. The van der Waals surface area contributed by atoms with Gasteiger partial charge in [0.1, 0.15) is 22.1 Å². The maximum atomic E-state index is 5.33. The Morgan fingerprint density at radius 3 is 1.38 bits per heavy atom. The lowest BCUT2D eigenvalue weighted by molar-refractivity contribution is 0.397. The number of unbranched alkanes of at least 4 members (excludes halogenated alkanes) is 12. The summed E-state index contributed by atoms with van der Waals surface area (Å²) in [5.74, 6) is 0. The third-order valence-corrected chi connectivity index (χ3v) is 19.5. The number of hydrogen-bond donors (Lipinski definition) is 0. The van der Waals surface area contributed by atoms with E-state index in [0.717, 1.165) is 28.5 Å². The van der Waals surface area contributed by atoms with Crippen molar-refractivity contribution in [2.45, 2.75) is 201 Å². The van der Waals surface area contributed by atoms with Crippen LogP contribution in [0.2, 0.25) is 0 Å². The van der Waals surface area contributed by atoms with Crippen molar-refractivity contribution in [3.63, 3.8) is 0 Å². The summed E-state index contributed by atoms with van der Waals surface area (Å²) in [6, 6.07) is 10.8. The number of thiophene rings is 2. The molecule has 0 fully saturated rings. The van der Waals surface area contributed by atoms with E-state index in [9.17, 15) is 0 Å². The smallest absolute Gasteiger partial charge is 0.113 e. The fourth-order valence-corrected chi connectivity index (χ4v) is 16.0. The lowest BCUT2D eigenvalue weighted by Crippen LogP contribution is -2.27. The standard InChI is InChI=1S/C55H70N4S4/c1-9-13-17-21-25-54(26-22-18-14-10-2)41-33-40-42(32-39(41)46-43(54)29-34(5)48-50(46)58-62-56-48)55(27-23-19-15-11-3,28-24-20-16-12-4)44-30-38(49-51(47(40)44)59-63-57-49)31-45-36(7)53-52(61-45)35(6)37(8)60-53/h29-30,32-33H,9-28,31H2,1-8H3. The van der Waals surface area contributed by atoms with Gasteiger partial charge in [0.2, 0.25) is 0 Å². The Bertz CT molecular complexity index is 2720. The zero-order valence-electron chi connectivity index (χ0n) is 39.6. The van der Waals surface area contributed by atoms with Crippen molar-refractivity contribution >= 4 is 77.6 Å². The Balaban J connectivity index is 1.30. The largest absolute Gasteiger partial charge is 0.173 e. The van der Waals surface area contributed by atoms with Crippen LogP contribution in [0.5, 0.6) is 0 Å². The van der Waals surface area contributed by atoms with E-state index in [2.05, 4.69) is 79.7 Å². The molecule has 0 bridgehead atoms. The Morgan fingerprint density at radius 1 is 0.444 bits per heavy atom. The summed E-state index contributed by atoms with van der Waals surface area (Å²) in [4.78, 5) is 2.94. The molecule has 0 saturated heterocycles. The maximum absolute atomic E-state index is 5.33. The first kappa shape index (κ1) is 45.1. The first-order valence-corrected chi connectivity index (χ1v) is 28.0. The third kappa shape index (κ3) is 7.76. The Kier molecular flexibility index (Phi) is 13.6. The van der Waals surface area contributed by atoms with Gasteiger partial charge < -0.3 is 0 Å². The van der Waals surface area contributed by atoms with Crippen LogP contribution >= 0.6 is 46.1 Å². The van der Waals surface area contributed by atoms with E-state index in [0.29, 0.717) is 0 Å². The minimum Gasteiger partial charge on any atom is -0.173 e. The lowest BCUT2D eigenvalue weighted by atomic mass is 9.68. The van der Waals surface area contributed by atoms with Crippen LogP contribution in [-0.2, 0) is 17.3 Å². The molecular weight excluding hydrogens is 845 g/mol. The van der Waals surface area contributed by atoms with Crippen molar-refractivity contribution in [2.24, 2.45) is 0 Å². The van der Waals surface area contributed by atoms with Crippen molar-refractivity contribution in [1.29, 1.82) is 0 Å². The van der Waals surface area contributed by atoms with Crippen LogP contribution in [0, 0.1) is 27.7 Å². The molecule has 4 heterocycles. The summed E-state index contributed by atoms with van der Waals surface area (Å²) in [5, 5.41) is 0. The second kappa shape index (κ2) is 19.1. The van der Waals surface area contributed by atoms with Gasteiger partial charge in [0.15, 0.2) is 0 Å². The number of rotatable bonds is 22. The van der Waals surface area contributed by atoms with Gasteiger partial charge in [-0.2, -0.15) is 17.5 Å². The molecule has 334 valence electrons. The van der Waals surface area contributed by atoms with Crippen LogP contribution in [0.3, 0.4) is 0 Å². The quantitative estimate of drug-likeness (QED) is 0.0636. The first-order valence-electron chi connectivity index (χ1n) is 25.0. The van der Waals surface area contributed by atoms with Gasteiger partial charge in [-0.05, 0) is 121 Å². The van der Waals surface area contributed by atoms with Gasteiger partial charge in [-0.3, -0.25) is 0 Å². The summed E-state index contributed by atoms with van der Waals surface area (Å²) in [6.07, 6.45) is 26.0. The van der Waals surface area contributed by atoms with Crippen LogP contribution in [0.15, 0.2) is 24.3 Å². The average Bonchev–Trinajstić information content (AvgIpc) is 4.14. The molecule has 4 nitrogen and oxygen atoms in total. The van der Waals surface area contributed by atoms with Crippen molar-refractivity contribution in [2.75, 3.05) is 0 Å². The Hall–Kier alpha value is -3.04. The molecule has 0 atom stereocenters. The van der Waals surface area contributed by atoms with E-state index < -0.39 is 0 Å². The molecule has 0 amide bonds. The molecule has 0 N–H and O–H groups in total. The van der Waals surface area contributed by atoms with Gasteiger partial charge >= 0.3 is 0 Å². The minimum atomic E-state index is -0.0793. The lowest BCUT2D eigenvalue weighted by Gasteiger charge is -2.35.